The van der Waals surface area contributed by atoms with Crippen LogP contribution in [0.4, 0.5) is 0 Å². The van der Waals surface area contributed by atoms with Crippen molar-refractivity contribution in [1.82, 2.24) is 43.6 Å². The molecule has 11 heteroatoms. The molecule has 0 N–H and O–H groups in total. The number of furan rings is 2. The quantitative estimate of drug-likeness (QED) is 0.126. The molecular weight excluding hydrogens is 1490 g/mol. The lowest BCUT2D eigenvalue weighted by Crippen LogP contribution is -2.14. The lowest BCUT2D eigenvalue weighted by molar-refractivity contribution is 0.661. The van der Waals surface area contributed by atoms with E-state index in [-0.39, 0.29) is 5.41 Å². The van der Waals surface area contributed by atoms with Gasteiger partial charge in [0.1, 0.15) is 22.3 Å². The van der Waals surface area contributed by atoms with Crippen molar-refractivity contribution in [2.45, 2.75) is 19.3 Å². The van der Waals surface area contributed by atoms with Crippen LogP contribution >= 0.6 is 0 Å². The first-order valence-electron chi connectivity index (χ1n) is 41.3. The Balaban J connectivity index is 0.000000138. The first-order chi connectivity index (χ1) is 60.2. The largest absolute Gasteiger partial charge is 0.456 e. The van der Waals surface area contributed by atoms with Crippen LogP contribution in [0.1, 0.15) is 25.0 Å². The molecule has 572 valence electrons. The Morgan fingerprint density at radius 3 is 1.02 bits per heavy atom. The standard InChI is InChI=1S/C57H35N5O.C54H36N4O/c1-4-15-36(16-5-1)55-58-56(37-17-6-2-7-18-37)60-57(59-55)40-27-29-45-48-32-39(28-30-53(48)63-54(45)33-40)38-19-14-22-42(31-38)62-50-26-13-11-24-44(50)47-34-46-43-23-10-12-25-49(43)61(51(46)35-52(47)62)41-20-8-3-9-21-41;1-54(2)45-19-11-9-17-39(45)42-31-43-40-18-10-12-20-47(40)58(48(43)32-46(42)54)38-25-21-33(22-26-38)36-24-28-49-44(29-36)41-27-23-37(30-50(41)59-49)53-56-51(34-13-5-3-6-14-34)55-52(57-53)35-15-7-4-8-16-35/h1-35H;3-32H,1-2H3. The van der Waals surface area contributed by atoms with Gasteiger partial charge in [0.15, 0.2) is 34.9 Å². The molecule has 0 radical (unpaired) electrons. The third kappa shape index (κ3) is 11.6. The highest BCUT2D eigenvalue weighted by atomic mass is 16.3. The minimum Gasteiger partial charge on any atom is -0.456 e. The number of fused-ring (bicyclic) bond motifs is 18. The molecule has 1 aliphatic rings. The molecule has 1 aliphatic carbocycles. The van der Waals surface area contributed by atoms with Crippen molar-refractivity contribution in [2.24, 2.45) is 0 Å². The van der Waals surface area contributed by atoms with Crippen LogP contribution in [-0.4, -0.2) is 43.6 Å². The first-order valence-corrected chi connectivity index (χ1v) is 41.3. The molecule has 0 bridgehead atoms. The van der Waals surface area contributed by atoms with Crippen LogP contribution < -0.4 is 0 Å². The van der Waals surface area contributed by atoms with Gasteiger partial charge in [0.2, 0.25) is 0 Å². The zero-order valence-electron chi connectivity index (χ0n) is 66.4. The summed E-state index contributed by atoms with van der Waals surface area (Å²) in [7, 11) is 0. The van der Waals surface area contributed by atoms with E-state index >= 15 is 0 Å². The topological polar surface area (TPSA) is 118 Å². The number of benzene rings is 17. The maximum absolute atomic E-state index is 6.54. The average Bonchev–Trinajstić information content (AvgIpc) is 1.55. The molecule has 17 aromatic carbocycles. The van der Waals surface area contributed by atoms with Gasteiger partial charge in [-0.2, -0.15) is 0 Å². The van der Waals surface area contributed by atoms with Gasteiger partial charge in [-0.1, -0.05) is 281 Å². The fraction of sp³-hybridized carbons (Fsp3) is 0.0270. The van der Waals surface area contributed by atoms with Gasteiger partial charge in [0.25, 0.3) is 0 Å². The maximum atomic E-state index is 6.54. The molecule has 122 heavy (non-hydrogen) atoms. The number of hydrogen-bond donors (Lipinski definition) is 0. The van der Waals surface area contributed by atoms with Crippen molar-refractivity contribution in [3.8, 4) is 119 Å². The number of para-hydroxylation sites is 4. The van der Waals surface area contributed by atoms with Crippen molar-refractivity contribution >= 4 is 109 Å². The van der Waals surface area contributed by atoms with Gasteiger partial charge in [-0.05, 0) is 172 Å². The van der Waals surface area contributed by atoms with Gasteiger partial charge in [-0.25, -0.2) is 29.9 Å². The summed E-state index contributed by atoms with van der Waals surface area (Å²) < 4.78 is 20.3. The maximum Gasteiger partial charge on any atom is 0.164 e. The summed E-state index contributed by atoms with van der Waals surface area (Å²) in [5.41, 5.74) is 29.1. The average molecular weight is 1560 g/mol. The highest BCUT2D eigenvalue weighted by Crippen LogP contribution is 2.52. The Hall–Kier alpha value is -16.2. The monoisotopic (exact) mass is 1560 g/mol. The molecule has 0 saturated carbocycles. The van der Waals surface area contributed by atoms with Crippen LogP contribution in [0.25, 0.3) is 228 Å². The smallest absolute Gasteiger partial charge is 0.164 e. The predicted octanol–water partition coefficient (Wildman–Crippen LogP) is 28.5. The van der Waals surface area contributed by atoms with Crippen molar-refractivity contribution in [2.75, 3.05) is 0 Å². The van der Waals surface area contributed by atoms with Crippen LogP contribution in [0.5, 0.6) is 0 Å². The molecule has 0 atom stereocenters. The molecular formula is C111H71N9O2. The number of rotatable bonds is 11. The summed E-state index contributed by atoms with van der Waals surface area (Å²) in [4.78, 5) is 29.5. The Morgan fingerprint density at radius 1 is 0.189 bits per heavy atom. The zero-order chi connectivity index (χ0) is 80.7. The van der Waals surface area contributed by atoms with E-state index in [0.29, 0.717) is 34.9 Å². The summed E-state index contributed by atoms with van der Waals surface area (Å²) in [6.45, 7) is 4.70. The third-order valence-electron chi connectivity index (χ3n) is 24.6. The van der Waals surface area contributed by atoms with Gasteiger partial charge < -0.3 is 22.5 Å². The summed E-state index contributed by atoms with van der Waals surface area (Å²) in [6, 6.07) is 139. The van der Waals surface area contributed by atoms with Gasteiger partial charge in [0.05, 0.1) is 33.1 Å². The van der Waals surface area contributed by atoms with E-state index in [1.165, 1.54) is 82.2 Å². The van der Waals surface area contributed by atoms with Crippen LogP contribution in [0, 0.1) is 0 Å². The molecule has 0 fully saturated rings. The summed E-state index contributed by atoms with van der Waals surface area (Å²) in [6.07, 6.45) is 0. The summed E-state index contributed by atoms with van der Waals surface area (Å²) >= 11 is 0. The molecule has 24 aromatic rings. The van der Waals surface area contributed by atoms with Crippen LogP contribution in [-0.2, 0) is 5.41 Å². The zero-order valence-corrected chi connectivity index (χ0v) is 66.4. The van der Waals surface area contributed by atoms with Gasteiger partial charge in [-0.3, -0.25) is 0 Å². The van der Waals surface area contributed by atoms with Crippen molar-refractivity contribution in [3.05, 3.63) is 405 Å². The molecule has 11 nitrogen and oxygen atoms in total. The Labute approximate surface area is 700 Å². The highest BCUT2D eigenvalue weighted by Gasteiger charge is 2.36. The second kappa shape index (κ2) is 28.0. The van der Waals surface area contributed by atoms with E-state index in [1.807, 2.05) is 133 Å². The summed E-state index contributed by atoms with van der Waals surface area (Å²) in [5.74, 6) is 3.70. The molecule has 0 amide bonds. The number of aromatic nitrogens is 9. The molecule has 0 aliphatic heterocycles. The normalized spacial score (nSPS) is 12.4. The third-order valence-corrected chi connectivity index (χ3v) is 24.6. The van der Waals surface area contributed by atoms with E-state index in [4.69, 9.17) is 38.7 Å². The van der Waals surface area contributed by atoms with Gasteiger partial charge in [0, 0.05) is 110 Å². The van der Waals surface area contributed by atoms with E-state index in [0.717, 1.165) is 122 Å². The van der Waals surface area contributed by atoms with E-state index in [9.17, 15) is 0 Å². The fourth-order valence-electron chi connectivity index (χ4n) is 18.7. The molecule has 0 spiro atoms. The molecule has 0 unspecified atom stereocenters. The van der Waals surface area contributed by atoms with Gasteiger partial charge in [-0.15, -0.1) is 0 Å². The van der Waals surface area contributed by atoms with E-state index in [1.54, 1.807) is 0 Å². The minimum absolute atomic E-state index is 0.0761. The molecule has 7 heterocycles. The lowest BCUT2D eigenvalue weighted by atomic mass is 9.82. The fourth-order valence-corrected chi connectivity index (χ4v) is 18.7. The first kappa shape index (κ1) is 70.0. The van der Waals surface area contributed by atoms with E-state index in [2.05, 4.69) is 288 Å². The van der Waals surface area contributed by atoms with Crippen LogP contribution in [0.15, 0.2) is 403 Å². The molecule has 25 rings (SSSR count). The SMILES string of the molecule is CC1(C)c2ccccc2-c2cc3c4ccccc4n(-c4ccc(-c5ccc6oc7cc(-c8nc(-c9ccccc9)nc(-c9ccccc9)n8)ccc7c6c5)cc4)c3cc21.c1ccc(-c2nc(-c3ccccc3)nc(-c3ccc4c(c3)oc3ccc(-c5cccc(-n6c7ccccc7c7cc8c9ccccc9n(-c9ccccc9)c8cc76)c5)cc34)n2)cc1. The van der Waals surface area contributed by atoms with Gasteiger partial charge >= 0.3 is 0 Å². The number of nitrogens with zero attached hydrogens (tertiary/aromatic N) is 9. The van der Waals surface area contributed by atoms with Crippen LogP contribution in [0.2, 0.25) is 0 Å². The lowest BCUT2D eigenvalue weighted by Gasteiger charge is -2.21. The minimum atomic E-state index is -0.0761. The van der Waals surface area contributed by atoms with Crippen LogP contribution in [0.3, 0.4) is 0 Å². The Morgan fingerprint density at radius 2 is 0.541 bits per heavy atom. The molecule has 7 aromatic heterocycles. The molecule has 0 saturated heterocycles. The predicted molar refractivity (Wildman–Crippen MR) is 498 cm³/mol. The second-order valence-corrected chi connectivity index (χ2v) is 32.1. The van der Waals surface area contributed by atoms with Crippen molar-refractivity contribution < 1.29 is 8.83 Å². The van der Waals surface area contributed by atoms with Crippen molar-refractivity contribution in [3.63, 3.8) is 0 Å². The van der Waals surface area contributed by atoms with E-state index < -0.39 is 0 Å². The highest BCUT2D eigenvalue weighted by molar-refractivity contribution is 6.20. The number of hydrogen-bond acceptors (Lipinski definition) is 8. The second-order valence-electron chi connectivity index (χ2n) is 32.1. The Kier molecular flexibility index (Phi) is 16.1. The summed E-state index contributed by atoms with van der Waals surface area (Å²) in [5, 5.41) is 11.7. The Bertz CT molecular complexity index is 8220. The van der Waals surface area contributed by atoms with Crippen molar-refractivity contribution in [1.29, 1.82) is 0 Å².